The average molecular weight is 201 g/mol. The molecule has 2 rings (SSSR count). The summed E-state index contributed by atoms with van der Waals surface area (Å²) in [6.45, 7) is 0. The molecule has 0 unspecified atom stereocenters. The quantitative estimate of drug-likeness (QED) is 0.772. The number of H-pyrrole nitrogens is 1. The molecule has 4 nitrogen and oxygen atoms in total. The molecular weight excluding hydrogens is 190 g/mol. The molecular formula is C11H11N3O. The highest BCUT2D eigenvalue weighted by Gasteiger charge is 2.05. The van der Waals surface area contributed by atoms with Crippen molar-refractivity contribution in [3.63, 3.8) is 0 Å². The van der Waals surface area contributed by atoms with Gasteiger partial charge in [0.15, 0.2) is 0 Å². The van der Waals surface area contributed by atoms with Crippen LogP contribution in [0.15, 0.2) is 36.5 Å². The molecule has 2 aromatic rings. The van der Waals surface area contributed by atoms with Crippen molar-refractivity contribution in [3.05, 3.63) is 42.1 Å². The summed E-state index contributed by atoms with van der Waals surface area (Å²) < 4.78 is 0. The van der Waals surface area contributed by atoms with Crippen LogP contribution in [0.2, 0.25) is 0 Å². The average Bonchev–Trinajstić information content (AvgIpc) is 2.82. The summed E-state index contributed by atoms with van der Waals surface area (Å²) in [6.07, 6.45) is 1.68. The molecule has 2 N–H and O–H groups in total. The molecule has 15 heavy (non-hydrogen) atoms. The molecule has 1 heterocycles. The molecule has 0 radical (unpaired) electrons. The Morgan fingerprint density at radius 3 is 2.93 bits per heavy atom. The summed E-state index contributed by atoms with van der Waals surface area (Å²) in [7, 11) is 1.62. The van der Waals surface area contributed by atoms with Gasteiger partial charge in [-0.3, -0.25) is 9.89 Å². The van der Waals surface area contributed by atoms with E-state index in [4.69, 9.17) is 0 Å². The highest BCUT2D eigenvalue weighted by Crippen LogP contribution is 2.17. The van der Waals surface area contributed by atoms with E-state index >= 15 is 0 Å². The Kier molecular flexibility index (Phi) is 2.49. The zero-order chi connectivity index (χ0) is 10.7. The highest BCUT2D eigenvalue weighted by atomic mass is 16.1. The number of carbonyl (C=O) groups is 1. The second-order valence-corrected chi connectivity index (χ2v) is 3.13. The fourth-order valence-corrected chi connectivity index (χ4v) is 1.39. The van der Waals surface area contributed by atoms with Crippen molar-refractivity contribution in [1.82, 2.24) is 15.5 Å². The molecule has 1 aromatic carbocycles. The lowest BCUT2D eigenvalue weighted by Gasteiger charge is -2.02. The second-order valence-electron chi connectivity index (χ2n) is 3.13. The van der Waals surface area contributed by atoms with Crippen molar-refractivity contribution in [2.24, 2.45) is 0 Å². The summed E-state index contributed by atoms with van der Waals surface area (Å²) in [5.41, 5.74) is 2.50. The minimum Gasteiger partial charge on any atom is -0.355 e. The van der Waals surface area contributed by atoms with Crippen molar-refractivity contribution in [1.29, 1.82) is 0 Å². The van der Waals surface area contributed by atoms with Gasteiger partial charge in [-0.05, 0) is 18.2 Å². The van der Waals surface area contributed by atoms with Crippen LogP contribution in [0.25, 0.3) is 11.3 Å². The Morgan fingerprint density at radius 1 is 1.40 bits per heavy atom. The number of amides is 1. The van der Waals surface area contributed by atoms with Crippen molar-refractivity contribution >= 4 is 5.91 Å². The van der Waals surface area contributed by atoms with Gasteiger partial charge in [-0.15, -0.1) is 0 Å². The number of nitrogens with one attached hydrogen (secondary N) is 2. The van der Waals surface area contributed by atoms with Crippen LogP contribution in [0.4, 0.5) is 0 Å². The van der Waals surface area contributed by atoms with Crippen LogP contribution in [0.5, 0.6) is 0 Å². The first-order valence-corrected chi connectivity index (χ1v) is 4.63. The zero-order valence-corrected chi connectivity index (χ0v) is 8.32. The third-order valence-electron chi connectivity index (χ3n) is 2.16. The first-order valence-electron chi connectivity index (χ1n) is 4.63. The van der Waals surface area contributed by atoms with Gasteiger partial charge < -0.3 is 5.32 Å². The van der Waals surface area contributed by atoms with Crippen LogP contribution in [-0.4, -0.2) is 23.2 Å². The van der Waals surface area contributed by atoms with Crippen LogP contribution in [0.3, 0.4) is 0 Å². The summed E-state index contributed by atoms with van der Waals surface area (Å²) in [6, 6.07) is 9.24. The van der Waals surface area contributed by atoms with E-state index < -0.39 is 0 Å². The fourth-order valence-electron chi connectivity index (χ4n) is 1.39. The maximum absolute atomic E-state index is 11.4. The Bertz CT molecular complexity index is 462. The maximum Gasteiger partial charge on any atom is 0.251 e. The van der Waals surface area contributed by atoms with Gasteiger partial charge in [-0.2, -0.15) is 5.10 Å². The number of aromatic nitrogens is 2. The molecule has 0 saturated carbocycles. The molecule has 0 bridgehead atoms. The van der Waals surface area contributed by atoms with Gasteiger partial charge in [0.25, 0.3) is 5.91 Å². The lowest BCUT2D eigenvalue weighted by molar-refractivity contribution is 0.0963. The summed E-state index contributed by atoms with van der Waals surface area (Å²) >= 11 is 0. The number of nitrogens with zero attached hydrogens (tertiary/aromatic N) is 1. The molecule has 76 valence electrons. The topological polar surface area (TPSA) is 57.8 Å². The number of hydrogen-bond donors (Lipinski definition) is 2. The summed E-state index contributed by atoms with van der Waals surface area (Å²) in [5, 5.41) is 9.31. The molecule has 0 saturated heterocycles. The van der Waals surface area contributed by atoms with E-state index in [1.807, 2.05) is 24.3 Å². The lowest BCUT2D eigenvalue weighted by atomic mass is 10.1. The molecule has 1 aromatic heterocycles. The number of benzene rings is 1. The van der Waals surface area contributed by atoms with Gasteiger partial charge in [-0.25, -0.2) is 0 Å². The first kappa shape index (κ1) is 9.45. The van der Waals surface area contributed by atoms with Gasteiger partial charge in [0.2, 0.25) is 0 Å². The number of rotatable bonds is 2. The van der Waals surface area contributed by atoms with E-state index in [-0.39, 0.29) is 5.91 Å². The van der Waals surface area contributed by atoms with Crippen molar-refractivity contribution in [3.8, 4) is 11.3 Å². The van der Waals surface area contributed by atoms with Crippen LogP contribution in [-0.2, 0) is 0 Å². The van der Waals surface area contributed by atoms with E-state index in [0.29, 0.717) is 5.56 Å². The van der Waals surface area contributed by atoms with Crippen molar-refractivity contribution in [2.45, 2.75) is 0 Å². The molecule has 0 fully saturated rings. The fraction of sp³-hybridized carbons (Fsp3) is 0.0909. The Labute approximate surface area is 87.3 Å². The van der Waals surface area contributed by atoms with Gasteiger partial charge >= 0.3 is 0 Å². The van der Waals surface area contributed by atoms with E-state index in [9.17, 15) is 4.79 Å². The van der Waals surface area contributed by atoms with Crippen LogP contribution in [0, 0.1) is 0 Å². The standard InChI is InChI=1S/C11H11N3O/c1-12-11(15)9-4-2-3-8(7-9)10-5-6-13-14-10/h2-7H,1H3,(H,12,15)(H,13,14). The minimum atomic E-state index is -0.0867. The van der Waals surface area contributed by atoms with Crippen LogP contribution in [0.1, 0.15) is 10.4 Å². The molecule has 1 amide bonds. The third kappa shape index (κ3) is 1.88. The number of carbonyl (C=O) groups excluding carboxylic acids is 1. The predicted octanol–water partition coefficient (Wildman–Crippen LogP) is 1.44. The minimum absolute atomic E-state index is 0.0867. The summed E-state index contributed by atoms with van der Waals surface area (Å²) in [4.78, 5) is 11.4. The maximum atomic E-state index is 11.4. The number of hydrogen-bond acceptors (Lipinski definition) is 2. The van der Waals surface area contributed by atoms with Crippen LogP contribution >= 0.6 is 0 Å². The van der Waals surface area contributed by atoms with E-state index in [2.05, 4.69) is 15.5 Å². The molecule has 0 spiro atoms. The largest absolute Gasteiger partial charge is 0.355 e. The van der Waals surface area contributed by atoms with E-state index in [1.54, 1.807) is 19.3 Å². The molecule has 0 aliphatic carbocycles. The predicted molar refractivity (Wildman–Crippen MR) is 57.4 cm³/mol. The van der Waals surface area contributed by atoms with Gasteiger partial charge in [-0.1, -0.05) is 12.1 Å². The van der Waals surface area contributed by atoms with E-state index in [1.165, 1.54) is 0 Å². The van der Waals surface area contributed by atoms with Gasteiger partial charge in [0.1, 0.15) is 0 Å². The monoisotopic (exact) mass is 201 g/mol. The second kappa shape index (κ2) is 3.96. The highest BCUT2D eigenvalue weighted by molar-refractivity contribution is 5.95. The molecule has 0 atom stereocenters. The smallest absolute Gasteiger partial charge is 0.251 e. The van der Waals surface area contributed by atoms with Crippen molar-refractivity contribution < 1.29 is 4.79 Å². The van der Waals surface area contributed by atoms with Gasteiger partial charge in [0.05, 0.1) is 5.69 Å². The van der Waals surface area contributed by atoms with Gasteiger partial charge in [0, 0.05) is 24.4 Å². The summed E-state index contributed by atoms with van der Waals surface area (Å²) in [5.74, 6) is -0.0867. The van der Waals surface area contributed by atoms with E-state index in [0.717, 1.165) is 11.3 Å². The molecule has 0 aliphatic heterocycles. The number of aromatic amines is 1. The first-order chi connectivity index (χ1) is 7.31. The lowest BCUT2D eigenvalue weighted by Crippen LogP contribution is -2.17. The normalized spacial score (nSPS) is 9.93. The Morgan fingerprint density at radius 2 is 2.27 bits per heavy atom. The zero-order valence-electron chi connectivity index (χ0n) is 8.32. The Hall–Kier alpha value is -2.10. The Balaban J connectivity index is 2.39. The van der Waals surface area contributed by atoms with Crippen LogP contribution < -0.4 is 5.32 Å². The molecule has 0 aliphatic rings. The third-order valence-corrected chi connectivity index (χ3v) is 2.16. The molecule has 4 heteroatoms. The SMILES string of the molecule is CNC(=O)c1cccc(-c2ccn[nH]2)c1. The van der Waals surface area contributed by atoms with Crippen molar-refractivity contribution in [2.75, 3.05) is 7.05 Å².